The van der Waals surface area contributed by atoms with E-state index in [1.54, 1.807) is 14.0 Å². The summed E-state index contributed by atoms with van der Waals surface area (Å²) in [6.45, 7) is 1.79. The van der Waals surface area contributed by atoms with Crippen LogP contribution >= 0.6 is 11.3 Å². The largest absolute Gasteiger partial charge is 0.497 e. The number of rotatable bonds is 4. The predicted molar refractivity (Wildman–Crippen MR) is 101 cm³/mol. The number of aromatic nitrogens is 3. The van der Waals surface area contributed by atoms with Gasteiger partial charge in [-0.05, 0) is 37.3 Å². The van der Waals surface area contributed by atoms with E-state index in [-0.39, 0.29) is 11.2 Å². The summed E-state index contributed by atoms with van der Waals surface area (Å²) in [7, 11) is 1.62. The van der Waals surface area contributed by atoms with Crippen LogP contribution in [0.15, 0.2) is 63.6 Å². The maximum Gasteiger partial charge on any atom is 0.299 e. The fourth-order valence-electron chi connectivity index (χ4n) is 2.57. The van der Waals surface area contributed by atoms with E-state index in [4.69, 9.17) is 4.74 Å². The summed E-state index contributed by atoms with van der Waals surface area (Å²) >= 11 is 1.39. The smallest absolute Gasteiger partial charge is 0.299 e. The number of methoxy groups -OCH3 is 1. The second-order valence-corrected chi connectivity index (χ2v) is 6.60. The molecule has 0 bridgehead atoms. The average molecular weight is 365 g/mol. The molecule has 0 amide bonds. The van der Waals surface area contributed by atoms with E-state index in [0.29, 0.717) is 10.8 Å². The van der Waals surface area contributed by atoms with Crippen LogP contribution in [0.2, 0.25) is 0 Å². The highest BCUT2D eigenvalue weighted by molar-refractivity contribution is 7.21. The van der Waals surface area contributed by atoms with Gasteiger partial charge in [0, 0.05) is 0 Å². The van der Waals surface area contributed by atoms with E-state index in [2.05, 4.69) is 20.3 Å². The molecule has 0 unspecified atom stereocenters. The number of nitrogens with one attached hydrogen (secondary N) is 1. The van der Waals surface area contributed by atoms with Crippen LogP contribution in [0, 0.1) is 6.92 Å². The number of azo groups is 1. The zero-order chi connectivity index (χ0) is 18.1. The van der Waals surface area contributed by atoms with Crippen LogP contribution in [0.4, 0.5) is 10.8 Å². The number of fused-ring (bicyclic) bond motifs is 1. The zero-order valence-electron chi connectivity index (χ0n) is 14.1. The molecule has 8 heteroatoms. The third kappa shape index (κ3) is 2.91. The van der Waals surface area contributed by atoms with Crippen LogP contribution in [0.1, 0.15) is 5.69 Å². The van der Waals surface area contributed by atoms with E-state index >= 15 is 0 Å². The Kier molecular flexibility index (Phi) is 4.10. The van der Waals surface area contributed by atoms with Crippen LogP contribution < -0.4 is 10.3 Å². The second-order valence-electron chi connectivity index (χ2n) is 5.59. The van der Waals surface area contributed by atoms with Gasteiger partial charge in [-0.25, -0.2) is 9.67 Å². The second kappa shape index (κ2) is 6.57. The van der Waals surface area contributed by atoms with Crippen LogP contribution in [-0.2, 0) is 0 Å². The Morgan fingerprint density at radius 2 is 1.96 bits per heavy atom. The number of hydrogen-bond donors (Lipinski definition) is 1. The first kappa shape index (κ1) is 16.2. The molecule has 0 saturated heterocycles. The Bertz CT molecular complexity index is 1160. The summed E-state index contributed by atoms with van der Waals surface area (Å²) in [5, 5.41) is 11.8. The summed E-state index contributed by atoms with van der Waals surface area (Å²) in [5.74, 6) is 0.761. The molecule has 4 aromatic rings. The maximum atomic E-state index is 12.6. The molecular weight excluding hydrogens is 350 g/mol. The standard InChI is InChI=1S/C18H15N5O2S/c1-11-16(17(24)23(22-11)12-6-4-3-5-7-12)20-21-18-19-14-9-8-13(25-2)10-15(14)26-18/h3-10,22H,1-2H3. The van der Waals surface area contributed by atoms with E-state index < -0.39 is 0 Å². The molecule has 0 fully saturated rings. The lowest BCUT2D eigenvalue weighted by Crippen LogP contribution is -2.13. The molecule has 130 valence electrons. The Morgan fingerprint density at radius 3 is 2.73 bits per heavy atom. The lowest BCUT2D eigenvalue weighted by atomic mass is 10.3. The van der Waals surface area contributed by atoms with Crippen LogP contribution in [-0.4, -0.2) is 21.9 Å². The minimum Gasteiger partial charge on any atom is -0.497 e. The molecule has 4 rings (SSSR count). The van der Waals surface area contributed by atoms with Gasteiger partial charge < -0.3 is 4.74 Å². The van der Waals surface area contributed by atoms with Crippen molar-refractivity contribution in [3.05, 3.63) is 64.6 Å². The lowest BCUT2D eigenvalue weighted by Gasteiger charge is -1.99. The van der Waals surface area contributed by atoms with Crippen molar-refractivity contribution in [2.45, 2.75) is 6.92 Å². The SMILES string of the molecule is COc1ccc2nc(N=Nc3c(C)[nH]n(-c4ccccc4)c3=O)sc2c1. The molecule has 0 spiro atoms. The third-order valence-corrected chi connectivity index (χ3v) is 4.78. The molecule has 1 N–H and O–H groups in total. The summed E-state index contributed by atoms with van der Waals surface area (Å²) in [4.78, 5) is 17.0. The minimum absolute atomic E-state index is 0.250. The predicted octanol–water partition coefficient (Wildman–Crippen LogP) is 4.51. The van der Waals surface area contributed by atoms with E-state index in [0.717, 1.165) is 21.7 Å². The van der Waals surface area contributed by atoms with Gasteiger partial charge in [0.05, 0.1) is 28.7 Å². The molecule has 0 radical (unpaired) electrons. The number of thiazole rings is 1. The quantitative estimate of drug-likeness (QED) is 0.540. The van der Waals surface area contributed by atoms with Crippen molar-refractivity contribution in [3.8, 4) is 11.4 Å². The lowest BCUT2D eigenvalue weighted by molar-refractivity contribution is 0.415. The number of benzene rings is 2. The number of ether oxygens (including phenoxy) is 1. The van der Waals surface area contributed by atoms with Gasteiger partial charge in [-0.15, -0.1) is 10.2 Å². The molecule has 0 aliphatic heterocycles. The Labute approximate surface area is 152 Å². The van der Waals surface area contributed by atoms with Crippen LogP contribution in [0.25, 0.3) is 15.9 Å². The Hall–Kier alpha value is -3.26. The van der Waals surface area contributed by atoms with Crippen LogP contribution in [0.5, 0.6) is 5.75 Å². The van der Waals surface area contributed by atoms with E-state index in [1.807, 2.05) is 48.5 Å². The highest BCUT2D eigenvalue weighted by Gasteiger charge is 2.12. The molecule has 0 atom stereocenters. The first-order chi connectivity index (χ1) is 12.7. The van der Waals surface area contributed by atoms with Crippen molar-refractivity contribution >= 4 is 32.4 Å². The molecule has 7 nitrogen and oxygen atoms in total. The minimum atomic E-state index is -0.250. The van der Waals surface area contributed by atoms with Crippen molar-refractivity contribution in [2.24, 2.45) is 10.2 Å². The van der Waals surface area contributed by atoms with E-state index in [9.17, 15) is 4.79 Å². The molecule has 2 aromatic heterocycles. The molecule has 2 heterocycles. The zero-order valence-corrected chi connectivity index (χ0v) is 14.9. The summed E-state index contributed by atoms with van der Waals surface area (Å²) in [6.07, 6.45) is 0. The fraction of sp³-hybridized carbons (Fsp3) is 0.111. The van der Waals surface area contributed by atoms with Gasteiger partial charge in [-0.3, -0.25) is 9.89 Å². The third-order valence-electron chi connectivity index (χ3n) is 3.87. The number of nitrogens with zero attached hydrogens (tertiary/aromatic N) is 4. The molecule has 26 heavy (non-hydrogen) atoms. The van der Waals surface area contributed by atoms with Gasteiger partial charge in [-0.1, -0.05) is 29.5 Å². The molecule has 0 aliphatic rings. The first-order valence-electron chi connectivity index (χ1n) is 7.89. The van der Waals surface area contributed by atoms with Crippen LogP contribution in [0.3, 0.4) is 0 Å². The Morgan fingerprint density at radius 1 is 1.15 bits per heavy atom. The summed E-state index contributed by atoms with van der Waals surface area (Å²) in [5.41, 5.74) is 2.22. The van der Waals surface area contributed by atoms with Crippen molar-refractivity contribution in [1.29, 1.82) is 0 Å². The van der Waals surface area contributed by atoms with Gasteiger partial charge in [0.25, 0.3) is 5.56 Å². The fourth-order valence-corrected chi connectivity index (χ4v) is 3.39. The highest BCUT2D eigenvalue weighted by Crippen LogP contribution is 2.31. The van der Waals surface area contributed by atoms with Gasteiger partial charge in [0.2, 0.25) is 5.13 Å². The van der Waals surface area contributed by atoms with Crippen molar-refractivity contribution in [3.63, 3.8) is 0 Å². The summed E-state index contributed by atoms with van der Waals surface area (Å²) < 4.78 is 7.61. The number of H-pyrrole nitrogens is 1. The van der Waals surface area contributed by atoms with Crippen molar-refractivity contribution in [2.75, 3.05) is 7.11 Å². The van der Waals surface area contributed by atoms with Crippen molar-refractivity contribution < 1.29 is 4.74 Å². The average Bonchev–Trinajstić information content (AvgIpc) is 3.20. The number of para-hydroxylation sites is 1. The Balaban J connectivity index is 1.69. The van der Waals surface area contributed by atoms with Gasteiger partial charge in [-0.2, -0.15) is 0 Å². The number of aromatic amines is 1. The van der Waals surface area contributed by atoms with Gasteiger partial charge in [0.15, 0.2) is 5.69 Å². The highest BCUT2D eigenvalue weighted by atomic mass is 32.1. The van der Waals surface area contributed by atoms with Gasteiger partial charge >= 0.3 is 0 Å². The maximum absolute atomic E-state index is 12.6. The normalized spacial score (nSPS) is 11.5. The topological polar surface area (TPSA) is 84.6 Å². The van der Waals surface area contributed by atoms with Crippen molar-refractivity contribution in [1.82, 2.24) is 14.8 Å². The monoisotopic (exact) mass is 365 g/mol. The number of hydrogen-bond acceptors (Lipinski definition) is 6. The molecule has 0 aliphatic carbocycles. The van der Waals surface area contributed by atoms with E-state index in [1.165, 1.54) is 16.0 Å². The number of aryl methyl sites for hydroxylation is 1. The first-order valence-corrected chi connectivity index (χ1v) is 8.71. The van der Waals surface area contributed by atoms with Gasteiger partial charge in [0.1, 0.15) is 5.75 Å². The molecular formula is C18H15N5O2S. The molecule has 2 aromatic carbocycles. The summed E-state index contributed by atoms with van der Waals surface area (Å²) in [6, 6.07) is 14.9. The molecule has 0 saturated carbocycles.